The Hall–Kier alpha value is -1.13. The molecule has 0 bridgehead atoms. The van der Waals surface area contributed by atoms with Crippen LogP contribution in [0.4, 0.5) is 0 Å². The summed E-state index contributed by atoms with van der Waals surface area (Å²) in [5, 5.41) is 14.7. The molecule has 2 aromatic rings. The molecular weight excluding hydrogens is 244 g/mol. The number of aliphatic hydroxyl groups is 1. The average Bonchev–Trinajstić information content (AvgIpc) is 2.84. The Bertz CT molecular complexity index is 522. The van der Waals surface area contributed by atoms with Gasteiger partial charge in [0.1, 0.15) is 0 Å². The lowest BCUT2D eigenvalue weighted by Gasteiger charge is -2.08. The van der Waals surface area contributed by atoms with Crippen molar-refractivity contribution in [2.75, 3.05) is 0 Å². The van der Waals surface area contributed by atoms with Crippen LogP contribution in [0.5, 0.6) is 0 Å². The molecule has 2 heterocycles. The number of hydrogen-bond acceptors (Lipinski definition) is 3. The molecule has 18 heavy (non-hydrogen) atoms. The van der Waals surface area contributed by atoms with Crippen LogP contribution >= 0.6 is 11.3 Å². The predicted molar refractivity (Wildman–Crippen MR) is 75.0 cm³/mol. The molecule has 98 valence electrons. The van der Waals surface area contributed by atoms with Crippen LogP contribution in [0.25, 0.3) is 0 Å². The number of aryl methyl sites for hydroxylation is 4. The maximum atomic E-state index is 10.3. The number of hydrogen-bond donors (Lipinski definition) is 1. The van der Waals surface area contributed by atoms with Crippen molar-refractivity contribution in [1.82, 2.24) is 9.78 Å². The Morgan fingerprint density at radius 1 is 1.39 bits per heavy atom. The van der Waals surface area contributed by atoms with Crippen molar-refractivity contribution in [3.05, 3.63) is 38.8 Å². The number of rotatable bonds is 4. The third-order valence-corrected chi connectivity index (χ3v) is 4.56. The summed E-state index contributed by atoms with van der Waals surface area (Å²) in [5.74, 6) is 0. The Morgan fingerprint density at radius 3 is 2.61 bits per heavy atom. The summed E-state index contributed by atoms with van der Waals surface area (Å²) in [5.41, 5.74) is 3.43. The van der Waals surface area contributed by atoms with Gasteiger partial charge in [0.15, 0.2) is 0 Å². The first-order chi connectivity index (χ1) is 8.51. The molecule has 0 aliphatic heterocycles. The molecule has 3 nitrogen and oxygen atoms in total. The first-order valence-corrected chi connectivity index (χ1v) is 7.09. The van der Waals surface area contributed by atoms with Gasteiger partial charge in [0, 0.05) is 28.9 Å². The monoisotopic (exact) mass is 264 g/mol. The molecule has 1 unspecified atom stereocenters. The van der Waals surface area contributed by atoms with E-state index in [2.05, 4.69) is 38.0 Å². The second-order valence-electron chi connectivity index (χ2n) is 4.71. The summed E-state index contributed by atoms with van der Waals surface area (Å²) in [6, 6.07) is 4.16. The van der Waals surface area contributed by atoms with Gasteiger partial charge in [-0.3, -0.25) is 4.68 Å². The summed E-state index contributed by atoms with van der Waals surface area (Å²) in [6.07, 6.45) is 1.13. The molecule has 1 N–H and O–H groups in total. The second-order valence-corrected chi connectivity index (χ2v) is 6.00. The lowest BCUT2D eigenvalue weighted by atomic mass is 10.1. The second kappa shape index (κ2) is 5.24. The minimum absolute atomic E-state index is 0.428. The summed E-state index contributed by atoms with van der Waals surface area (Å²) >= 11 is 1.68. The molecule has 0 aliphatic rings. The minimum atomic E-state index is -0.428. The standard InChI is InChI=1S/C14H20N2OS/c1-5-11-7-12(16(4)15-11)8-13(17)14-6-9(2)10(3)18-14/h6-7,13,17H,5,8H2,1-4H3. The molecule has 0 saturated heterocycles. The fourth-order valence-electron chi connectivity index (χ4n) is 2.00. The van der Waals surface area contributed by atoms with Crippen molar-refractivity contribution in [3.8, 4) is 0 Å². The number of aromatic nitrogens is 2. The van der Waals surface area contributed by atoms with Gasteiger partial charge in [-0.1, -0.05) is 6.92 Å². The van der Waals surface area contributed by atoms with Crippen molar-refractivity contribution in [2.45, 2.75) is 39.7 Å². The molecule has 0 aromatic carbocycles. The van der Waals surface area contributed by atoms with Gasteiger partial charge in [0.05, 0.1) is 11.8 Å². The highest BCUT2D eigenvalue weighted by molar-refractivity contribution is 7.12. The van der Waals surface area contributed by atoms with E-state index in [-0.39, 0.29) is 0 Å². The van der Waals surface area contributed by atoms with Crippen molar-refractivity contribution >= 4 is 11.3 Å². The van der Waals surface area contributed by atoms with Crippen LogP contribution in [-0.4, -0.2) is 14.9 Å². The SMILES string of the molecule is CCc1cc(CC(O)c2cc(C)c(C)s2)n(C)n1. The van der Waals surface area contributed by atoms with Gasteiger partial charge >= 0.3 is 0 Å². The Kier molecular flexibility index (Phi) is 3.88. The summed E-state index contributed by atoms with van der Waals surface area (Å²) in [6.45, 7) is 6.27. The quantitative estimate of drug-likeness (QED) is 0.922. The number of thiophene rings is 1. The van der Waals surface area contributed by atoms with Crippen LogP contribution in [-0.2, 0) is 19.9 Å². The van der Waals surface area contributed by atoms with E-state index in [1.165, 1.54) is 10.4 Å². The molecule has 0 fully saturated rings. The van der Waals surface area contributed by atoms with Gasteiger partial charge < -0.3 is 5.11 Å². The zero-order chi connectivity index (χ0) is 13.3. The van der Waals surface area contributed by atoms with Gasteiger partial charge in [0.2, 0.25) is 0 Å². The summed E-state index contributed by atoms with van der Waals surface area (Å²) in [7, 11) is 1.94. The minimum Gasteiger partial charge on any atom is -0.387 e. The molecule has 0 saturated carbocycles. The van der Waals surface area contributed by atoms with Crippen molar-refractivity contribution in [1.29, 1.82) is 0 Å². The van der Waals surface area contributed by atoms with Crippen LogP contribution in [0.3, 0.4) is 0 Å². The lowest BCUT2D eigenvalue weighted by Crippen LogP contribution is -2.05. The fourth-order valence-corrected chi connectivity index (χ4v) is 3.03. The Morgan fingerprint density at radius 2 is 2.11 bits per heavy atom. The molecule has 2 rings (SSSR count). The third kappa shape index (κ3) is 2.65. The van der Waals surface area contributed by atoms with E-state index < -0.39 is 6.10 Å². The Balaban J connectivity index is 2.15. The zero-order valence-electron chi connectivity index (χ0n) is 11.4. The maximum absolute atomic E-state index is 10.3. The summed E-state index contributed by atoms with van der Waals surface area (Å²) < 4.78 is 1.87. The highest BCUT2D eigenvalue weighted by atomic mass is 32.1. The van der Waals surface area contributed by atoms with E-state index in [1.807, 2.05) is 11.7 Å². The molecule has 2 aromatic heterocycles. The van der Waals surface area contributed by atoms with Crippen LogP contribution in [0.2, 0.25) is 0 Å². The smallest absolute Gasteiger partial charge is 0.0937 e. The lowest BCUT2D eigenvalue weighted by molar-refractivity contribution is 0.179. The average molecular weight is 264 g/mol. The number of nitrogens with zero attached hydrogens (tertiary/aromatic N) is 2. The van der Waals surface area contributed by atoms with E-state index >= 15 is 0 Å². The van der Waals surface area contributed by atoms with E-state index in [0.29, 0.717) is 6.42 Å². The van der Waals surface area contributed by atoms with E-state index in [4.69, 9.17) is 0 Å². The van der Waals surface area contributed by atoms with E-state index in [0.717, 1.165) is 22.7 Å². The van der Waals surface area contributed by atoms with Gasteiger partial charge in [0.25, 0.3) is 0 Å². The first kappa shape index (κ1) is 13.3. The summed E-state index contributed by atoms with van der Waals surface area (Å²) in [4.78, 5) is 2.33. The fraction of sp³-hybridized carbons (Fsp3) is 0.500. The maximum Gasteiger partial charge on any atom is 0.0937 e. The van der Waals surface area contributed by atoms with Crippen LogP contribution in [0, 0.1) is 13.8 Å². The van der Waals surface area contributed by atoms with Crippen LogP contribution < -0.4 is 0 Å². The molecule has 4 heteroatoms. The van der Waals surface area contributed by atoms with Gasteiger partial charge in [-0.05, 0) is 38.0 Å². The van der Waals surface area contributed by atoms with Crippen molar-refractivity contribution < 1.29 is 5.11 Å². The zero-order valence-corrected chi connectivity index (χ0v) is 12.2. The molecule has 0 radical (unpaired) electrons. The van der Waals surface area contributed by atoms with Gasteiger partial charge in [-0.25, -0.2) is 0 Å². The highest BCUT2D eigenvalue weighted by Crippen LogP contribution is 2.28. The van der Waals surface area contributed by atoms with E-state index in [9.17, 15) is 5.11 Å². The van der Waals surface area contributed by atoms with Crippen LogP contribution in [0.15, 0.2) is 12.1 Å². The first-order valence-electron chi connectivity index (χ1n) is 6.28. The molecule has 0 amide bonds. The molecule has 0 spiro atoms. The number of aliphatic hydroxyl groups excluding tert-OH is 1. The van der Waals surface area contributed by atoms with Gasteiger partial charge in [-0.15, -0.1) is 11.3 Å². The Labute approximate surface area is 112 Å². The third-order valence-electron chi connectivity index (χ3n) is 3.31. The van der Waals surface area contributed by atoms with E-state index in [1.54, 1.807) is 11.3 Å². The van der Waals surface area contributed by atoms with Crippen LogP contribution in [0.1, 0.15) is 39.7 Å². The highest BCUT2D eigenvalue weighted by Gasteiger charge is 2.15. The van der Waals surface area contributed by atoms with Crippen molar-refractivity contribution in [3.63, 3.8) is 0 Å². The molecular formula is C14H20N2OS. The van der Waals surface area contributed by atoms with Gasteiger partial charge in [-0.2, -0.15) is 5.10 Å². The topological polar surface area (TPSA) is 38.0 Å². The largest absolute Gasteiger partial charge is 0.387 e. The predicted octanol–water partition coefficient (Wildman–Crippen LogP) is 2.94. The normalized spacial score (nSPS) is 12.9. The van der Waals surface area contributed by atoms with Crippen molar-refractivity contribution in [2.24, 2.45) is 7.05 Å². The molecule has 0 aliphatic carbocycles. The molecule has 1 atom stereocenters.